The van der Waals surface area contributed by atoms with Gasteiger partial charge in [-0.2, -0.15) is 0 Å². The van der Waals surface area contributed by atoms with Gasteiger partial charge >= 0.3 is 5.97 Å². The zero-order valence-electron chi connectivity index (χ0n) is 12.0. The summed E-state index contributed by atoms with van der Waals surface area (Å²) < 4.78 is 6.90. The zero-order valence-corrected chi connectivity index (χ0v) is 12.0. The van der Waals surface area contributed by atoms with Gasteiger partial charge in [-0.25, -0.2) is 9.78 Å². The fraction of sp³-hybridized carbons (Fsp3) is 0.176. The molecular formula is C17H16N2O2. The number of hydrogen-bond donors (Lipinski definition) is 0. The SMILES string of the molecule is COC(=O)c1ccccc1Cc1nc2ccccc2n1C. The molecule has 2 aromatic carbocycles. The average Bonchev–Trinajstić information content (AvgIpc) is 2.84. The third kappa shape index (κ3) is 2.40. The summed E-state index contributed by atoms with van der Waals surface area (Å²) in [5.74, 6) is 0.608. The quantitative estimate of drug-likeness (QED) is 0.693. The van der Waals surface area contributed by atoms with Gasteiger partial charge in [-0.3, -0.25) is 0 Å². The van der Waals surface area contributed by atoms with Crippen molar-refractivity contribution in [3.63, 3.8) is 0 Å². The first-order chi connectivity index (χ1) is 10.2. The van der Waals surface area contributed by atoms with E-state index in [-0.39, 0.29) is 5.97 Å². The number of ether oxygens (including phenoxy) is 1. The number of imidazole rings is 1. The fourth-order valence-corrected chi connectivity index (χ4v) is 2.51. The van der Waals surface area contributed by atoms with Crippen molar-refractivity contribution in [3.05, 3.63) is 65.5 Å². The lowest BCUT2D eigenvalue weighted by molar-refractivity contribution is 0.0599. The lowest BCUT2D eigenvalue weighted by Gasteiger charge is -2.07. The molecule has 0 amide bonds. The van der Waals surface area contributed by atoms with Crippen LogP contribution in [0.15, 0.2) is 48.5 Å². The number of hydrogen-bond acceptors (Lipinski definition) is 3. The minimum absolute atomic E-state index is 0.315. The molecule has 21 heavy (non-hydrogen) atoms. The molecule has 3 aromatic rings. The van der Waals surface area contributed by atoms with E-state index in [1.54, 1.807) is 6.07 Å². The van der Waals surface area contributed by atoms with E-state index >= 15 is 0 Å². The molecule has 0 aliphatic rings. The molecule has 0 aliphatic carbocycles. The number of aryl methyl sites for hydroxylation is 1. The largest absolute Gasteiger partial charge is 0.465 e. The van der Waals surface area contributed by atoms with Crippen LogP contribution in [0.1, 0.15) is 21.7 Å². The summed E-state index contributed by atoms with van der Waals surface area (Å²) in [6.45, 7) is 0. The molecule has 0 aliphatic heterocycles. The van der Waals surface area contributed by atoms with Gasteiger partial charge in [-0.1, -0.05) is 30.3 Å². The number of nitrogens with zero attached hydrogens (tertiary/aromatic N) is 2. The lowest BCUT2D eigenvalue weighted by Crippen LogP contribution is -2.08. The number of benzene rings is 2. The third-order valence-electron chi connectivity index (χ3n) is 3.65. The maximum atomic E-state index is 11.8. The Morgan fingerprint density at radius 3 is 2.62 bits per heavy atom. The number of esters is 1. The Labute approximate surface area is 123 Å². The Bertz CT molecular complexity index is 805. The van der Waals surface area contributed by atoms with Crippen molar-refractivity contribution in [2.24, 2.45) is 7.05 Å². The molecule has 0 saturated carbocycles. The Hall–Kier alpha value is -2.62. The number of methoxy groups -OCH3 is 1. The van der Waals surface area contributed by atoms with Crippen molar-refractivity contribution in [3.8, 4) is 0 Å². The molecule has 0 N–H and O–H groups in total. The Morgan fingerprint density at radius 1 is 1.14 bits per heavy atom. The van der Waals surface area contributed by atoms with E-state index in [2.05, 4.69) is 9.55 Å². The second kappa shape index (κ2) is 5.40. The molecule has 0 saturated heterocycles. The van der Waals surface area contributed by atoms with Gasteiger partial charge in [0.2, 0.25) is 0 Å². The Morgan fingerprint density at radius 2 is 1.86 bits per heavy atom. The average molecular weight is 280 g/mol. The summed E-state index contributed by atoms with van der Waals surface area (Å²) >= 11 is 0. The summed E-state index contributed by atoms with van der Waals surface area (Å²) in [7, 11) is 3.39. The molecule has 1 aromatic heterocycles. The molecule has 1 heterocycles. The van der Waals surface area contributed by atoms with Gasteiger partial charge in [-0.15, -0.1) is 0 Å². The van der Waals surface area contributed by atoms with E-state index in [0.717, 1.165) is 22.4 Å². The highest BCUT2D eigenvalue weighted by Crippen LogP contribution is 2.19. The van der Waals surface area contributed by atoms with Crippen molar-refractivity contribution in [1.29, 1.82) is 0 Å². The number of rotatable bonds is 3. The monoisotopic (exact) mass is 280 g/mol. The van der Waals surface area contributed by atoms with E-state index in [0.29, 0.717) is 12.0 Å². The minimum atomic E-state index is -0.315. The molecular weight excluding hydrogens is 264 g/mol. The van der Waals surface area contributed by atoms with Crippen LogP contribution >= 0.6 is 0 Å². The predicted molar refractivity (Wildman–Crippen MR) is 81.3 cm³/mol. The summed E-state index contributed by atoms with van der Waals surface area (Å²) in [4.78, 5) is 16.5. The lowest BCUT2D eigenvalue weighted by atomic mass is 10.0. The summed E-state index contributed by atoms with van der Waals surface area (Å²) in [6.07, 6.45) is 0.594. The van der Waals surface area contributed by atoms with E-state index in [1.807, 2.05) is 49.5 Å². The van der Waals surface area contributed by atoms with Gasteiger partial charge in [0, 0.05) is 13.5 Å². The predicted octanol–water partition coefficient (Wildman–Crippen LogP) is 2.95. The van der Waals surface area contributed by atoms with Gasteiger partial charge in [0.1, 0.15) is 5.82 Å². The minimum Gasteiger partial charge on any atom is -0.465 e. The second-order valence-corrected chi connectivity index (χ2v) is 4.90. The van der Waals surface area contributed by atoms with Crippen molar-refractivity contribution >= 4 is 17.0 Å². The van der Waals surface area contributed by atoms with Crippen molar-refractivity contribution in [1.82, 2.24) is 9.55 Å². The first-order valence-electron chi connectivity index (χ1n) is 6.77. The molecule has 0 unspecified atom stereocenters. The van der Waals surface area contributed by atoms with Gasteiger partial charge in [0.05, 0.1) is 23.7 Å². The molecule has 0 atom stereocenters. The molecule has 0 radical (unpaired) electrons. The number of para-hydroxylation sites is 2. The summed E-state index contributed by atoms with van der Waals surface area (Å²) in [6, 6.07) is 15.5. The van der Waals surface area contributed by atoms with Crippen LogP contribution < -0.4 is 0 Å². The van der Waals surface area contributed by atoms with E-state index in [4.69, 9.17) is 4.74 Å². The van der Waals surface area contributed by atoms with E-state index < -0.39 is 0 Å². The highest BCUT2D eigenvalue weighted by atomic mass is 16.5. The molecule has 3 rings (SSSR count). The van der Waals surface area contributed by atoms with Crippen LogP contribution in [0.5, 0.6) is 0 Å². The first-order valence-corrected chi connectivity index (χ1v) is 6.77. The molecule has 0 bridgehead atoms. The fourth-order valence-electron chi connectivity index (χ4n) is 2.51. The molecule has 106 valence electrons. The van der Waals surface area contributed by atoms with E-state index in [1.165, 1.54) is 7.11 Å². The van der Waals surface area contributed by atoms with Gasteiger partial charge in [0.25, 0.3) is 0 Å². The maximum Gasteiger partial charge on any atom is 0.338 e. The maximum absolute atomic E-state index is 11.8. The van der Waals surface area contributed by atoms with E-state index in [9.17, 15) is 4.79 Å². The van der Waals surface area contributed by atoms with Crippen LogP contribution in [-0.4, -0.2) is 22.6 Å². The second-order valence-electron chi connectivity index (χ2n) is 4.90. The Balaban J connectivity index is 2.03. The van der Waals surface area contributed by atoms with Crippen molar-refractivity contribution in [2.45, 2.75) is 6.42 Å². The van der Waals surface area contributed by atoms with Gasteiger partial charge in [0.15, 0.2) is 0 Å². The molecule has 4 heteroatoms. The van der Waals surface area contributed by atoms with Crippen molar-refractivity contribution < 1.29 is 9.53 Å². The van der Waals surface area contributed by atoms with Crippen LogP contribution in [-0.2, 0) is 18.2 Å². The third-order valence-corrected chi connectivity index (χ3v) is 3.65. The van der Waals surface area contributed by atoms with Crippen LogP contribution in [0.2, 0.25) is 0 Å². The highest BCUT2D eigenvalue weighted by Gasteiger charge is 2.14. The normalized spacial score (nSPS) is 10.8. The summed E-state index contributed by atoms with van der Waals surface area (Å²) in [5.41, 5.74) is 3.56. The smallest absolute Gasteiger partial charge is 0.338 e. The number of carbonyl (C=O) groups excluding carboxylic acids is 1. The molecule has 0 spiro atoms. The van der Waals surface area contributed by atoms with Crippen LogP contribution in [0.3, 0.4) is 0 Å². The van der Waals surface area contributed by atoms with Crippen LogP contribution in [0, 0.1) is 0 Å². The zero-order chi connectivity index (χ0) is 14.8. The first kappa shape index (κ1) is 13.4. The number of aromatic nitrogens is 2. The van der Waals surface area contributed by atoms with Gasteiger partial charge in [-0.05, 0) is 23.8 Å². The van der Waals surface area contributed by atoms with Gasteiger partial charge < -0.3 is 9.30 Å². The standard InChI is InChI=1S/C17H16N2O2/c1-19-15-10-6-5-9-14(15)18-16(19)11-12-7-3-4-8-13(12)17(20)21-2/h3-10H,11H2,1-2H3. The number of carbonyl (C=O) groups is 1. The number of fused-ring (bicyclic) bond motifs is 1. The molecule has 0 fully saturated rings. The van der Waals surface area contributed by atoms with Crippen LogP contribution in [0.4, 0.5) is 0 Å². The topological polar surface area (TPSA) is 44.1 Å². The summed E-state index contributed by atoms with van der Waals surface area (Å²) in [5, 5.41) is 0. The molecule has 4 nitrogen and oxygen atoms in total. The van der Waals surface area contributed by atoms with Crippen molar-refractivity contribution in [2.75, 3.05) is 7.11 Å². The Kier molecular flexibility index (Phi) is 3.44. The van der Waals surface area contributed by atoms with Crippen LogP contribution in [0.25, 0.3) is 11.0 Å². The highest BCUT2D eigenvalue weighted by molar-refractivity contribution is 5.91.